The van der Waals surface area contributed by atoms with E-state index in [2.05, 4.69) is 83.4 Å². The molecule has 0 aliphatic carbocycles. The van der Waals surface area contributed by atoms with Crippen LogP contribution < -0.4 is 0 Å². The summed E-state index contributed by atoms with van der Waals surface area (Å²) in [5, 5.41) is 14.4. The minimum absolute atomic E-state index is 0.581. The van der Waals surface area contributed by atoms with Crippen molar-refractivity contribution >= 4 is 43.7 Å². The second-order valence-corrected chi connectivity index (χ2v) is 12.8. The number of rotatable bonds is 5. The first-order valence-corrected chi connectivity index (χ1v) is 17.1. The van der Waals surface area contributed by atoms with Gasteiger partial charge in [0.2, 0.25) is 0 Å². The summed E-state index contributed by atoms with van der Waals surface area (Å²) in [6.45, 7) is 0. The molecule has 0 atom stereocenters. The number of nitrogens with zero attached hydrogens (tertiary/aromatic N) is 5. The summed E-state index contributed by atoms with van der Waals surface area (Å²) in [5.74, 6) is 1.80. The average Bonchev–Trinajstić information content (AvgIpc) is 3.76. The first-order chi connectivity index (χ1) is 25.7. The minimum atomic E-state index is 0.581. The predicted octanol–water partition coefficient (Wildman–Crippen LogP) is 11.4. The number of aromatic nitrogens is 4. The van der Waals surface area contributed by atoms with Crippen LogP contribution in [-0.4, -0.2) is 19.5 Å². The van der Waals surface area contributed by atoms with Gasteiger partial charge in [-0.1, -0.05) is 103 Å². The summed E-state index contributed by atoms with van der Waals surface area (Å²) in [6.07, 6.45) is 0. The van der Waals surface area contributed by atoms with Crippen LogP contribution in [0.4, 0.5) is 0 Å². The van der Waals surface area contributed by atoms with Gasteiger partial charge in [-0.3, -0.25) is 0 Å². The van der Waals surface area contributed by atoms with Crippen molar-refractivity contribution in [2.24, 2.45) is 0 Å². The molecule has 0 bridgehead atoms. The molecular weight excluding hydrogens is 639 g/mol. The fourth-order valence-corrected chi connectivity index (χ4v) is 7.21. The Morgan fingerprint density at radius 3 is 1.50 bits per heavy atom. The Kier molecular flexibility index (Phi) is 6.76. The maximum Gasteiger partial charge on any atom is 0.164 e. The predicted molar refractivity (Wildman–Crippen MR) is 208 cm³/mol. The van der Waals surface area contributed by atoms with Gasteiger partial charge in [-0.05, 0) is 71.8 Å². The average molecular weight is 666 g/mol. The van der Waals surface area contributed by atoms with Crippen LogP contribution in [0.15, 0.2) is 168 Å². The van der Waals surface area contributed by atoms with E-state index in [1.165, 1.54) is 10.8 Å². The molecule has 0 spiro atoms. The van der Waals surface area contributed by atoms with Crippen LogP contribution in [0.2, 0.25) is 0 Å². The monoisotopic (exact) mass is 665 g/mol. The molecular formula is C46H27N5O. The summed E-state index contributed by atoms with van der Waals surface area (Å²) >= 11 is 0. The van der Waals surface area contributed by atoms with Gasteiger partial charge in [-0.2, -0.15) is 5.26 Å². The fourth-order valence-electron chi connectivity index (χ4n) is 7.21. The van der Waals surface area contributed by atoms with Crippen LogP contribution >= 0.6 is 0 Å². The molecule has 6 nitrogen and oxygen atoms in total. The van der Waals surface area contributed by atoms with Gasteiger partial charge >= 0.3 is 0 Å². The molecule has 0 aliphatic heterocycles. The number of fused-ring (bicyclic) bond motifs is 6. The van der Waals surface area contributed by atoms with Crippen molar-refractivity contribution in [3.8, 4) is 57.0 Å². The molecule has 0 saturated heterocycles. The minimum Gasteiger partial charge on any atom is -0.456 e. The molecule has 10 aromatic rings. The summed E-state index contributed by atoms with van der Waals surface area (Å²) < 4.78 is 8.58. The highest BCUT2D eigenvalue weighted by atomic mass is 16.3. The van der Waals surface area contributed by atoms with Crippen LogP contribution in [0.25, 0.3) is 94.7 Å². The molecule has 0 aliphatic rings. The first kappa shape index (κ1) is 29.5. The van der Waals surface area contributed by atoms with Crippen LogP contribution in [0, 0.1) is 11.3 Å². The second-order valence-electron chi connectivity index (χ2n) is 12.8. The topological polar surface area (TPSA) is 80.5 Å². The molecule has 6 heteroatoms. The standard InChI is InChI=1S/C46H27N5O/c47-28-29-23-34(25-35(24-29)51-40-17-9-7-15-36(40)37-16-8-10-18-41(37)51)32-19-21-42-38(26-32)39-27-33(20-22-43(39)52-42)46-49-44(30-11-3-1-4-12-30)48-45(50-46)31-13-5-2-6-14-31/h1-27H. The Bertz CT molecular complexity index is 2920. The smallest absolute Gasteiger partial charge is 0.164 e. The SMILES string of the molecule is N#Cc1cc(-c2ccc3oc4ccc(-c5nc(-c6ccccc6)nc(-c6ccccc6)n5)cc4c3c2)cc(-n2c3ccccc3c3ccccc32)c1. The van der Waals surface area contributed by atoms with Crippen molar-refractivity contribution in [3.05, 3.63) is 169 Å². The van der Waals surface area contributed by atoms with Gasteiger partial charge in [0.1, 0.15) is 11.2 Å². The summed E-state index contributed by atoms with van der Waals surface area (Å²) in [6, 6.07) is 57.5. The van der Waals surface area contributed by atoms with Crippen molar-refractivity contribution in [1.82, 2.24) is 19.5 Å². The van der Waals surface area contributed by atoms with Gasteiger partial charge in [0.05, 0.1) is 22.7 Å². The molecule has 0 saturated carbocycles. The number of hydrogen-bond donors (Lipinski definition) is 0. The molecule has 0 fully saturated rings. The molecule has 3 aromatic heterocycles. The third-order valence-electron chi connectivity index (χ3n) is 9.65. The fraction of sp³-hybridized carbons (Fsp3) is 0. The Morgan fingerprint density at radius 2 is 0.923 bits per heavy atom. The summed E-state index contributed by atoms with van der Waals surface area (Å²) in [7, 11) is 0. The van der Waals surface area contributed by atoms with Crippen LogP contribution in [0.5, 0.6) is 0 Å². The highest BCUT2D eigenvalue weighted by Gasteiger charge is 2.17. The third kappa shape index (κ3) is 4.92. The van der Waals surface area contributed by atoms with Gasteiger partial charge in [-0.25, -0.2) is 15.0 Å². The van der Waals surface area contributed by atoms with E-state index in [1.807, 2.05) is 91.0 Å². The highest BCUT2D eigenvalue weighted by molar-refractivity contribution is 6.10. The number of benzene rings is 7. The van der Waals surface area contributed by atoms with E-state index >= 15 is 0 Å². The van der Waals surface area contributed by atoms with Crippen LogP contribution in [-0.2, 0) is 0 Å². The summed E-state index contributed by atoms with van der Waals surface area (Å²) in [5.41, 5.74) is 9.89. The van der Waals surface area contributed by atoms with Crippen molar-refractivity contribution in [1.29, 1.82) is 5.26 Å². The van der Waals surface area contributed by atoms with Gasteiger partial charge in [0.25, 0.3) is 0 Å². The number of furan rings is 1. The van der Waals surface area contributed by atoms with Crippen molar-refractivity contribution in [2.45, 2.75) is 0 Å². The van der Waals surface area contributed by atoms with Crippen LogP contribution in [0.3, 0.4) is 0 Å². The van der Waals surface area contributed by atoms with E-state index in [9.17, 15) is 5.26 Å². The van der Waals surface area contributed by atoms with Gasteiger partial charge in [-0.15, -0.1) is 0 Å². The van der Waals surface area contributed by atoms with Crippen molar-refractivity contribution < 1.29 is 4.42 Å². The Labute approximate surface area is 298 Å². The molecule has 0 radical (unpaired) electrons. The lowest BCUT2D eigenvalue weighted by molar-refractivity contribution is 0.669. The number of nitriles is 1. The molecule has 0 N–H and O–H groups in total. The lowest BCUT2D eigenvalue weighted by Gasteiger charge is -2.11. The molecule has 52 heavy (non-hydrogen) atoms. The zero-order valence-corrected chi connectivity index (χ0v) is 27.7. The molecule has 0 amide bonds. The molecule has 7 aromatic carbocycles. The van der Waals surface area contributed by atoms with Crippen molar-refractivity contribution in [2.75, 3.05) is 0 Å². The maximum atomic E-state index is 10.2. The first-order valence-electron chi connectivity index (χ1n) is 17.1. The van der Waals surface area contributed by atoms with Gasteiger partial charge in [0, 0.05) is 43.9 Å². The zero-order chi connectivity index (χ0) is 34.6. The zero-order valence-electron chi connectivity index (χ0n) is 27.7. The van der Waals surface area contributed by atoms with E-state index in [0.717, 1.165) is 66.5 Å². The van der Waals surface area contributed by atoms with Crippen molar-refractivity contribution in [3.63, 3.8) is 0 Å². The quantitative estimate of drug-likeness (QED) is 0.183. The lowest BCUT2D eigenvalue weighted by Crippen LogP contribution is -2.00. The highest BCUT2D eigenvalue weighted by Crippen LogP contribution is 2.37. The number of hydrogen-bond acceptors (Lipinski definition) is 5. The van der Waals surface area contributed by atoms with Gasteiger partial charge in [0.15, 0.2) is 17.5 Å². The van der Waals surface area contributed by atoms with E-state index in [-0.39, 0.29) is 0 Å². The Hall–Kier alpha value is -7.36. The van der Waals surface area contributed by atoms with E-state index in [1.54, 1.807) is 0 Å². The van der Waals surface area contributed by atoms with Crippen LogP contribution in [0.1, 0.15) is 5.56 Å². The Morgan fingerprint density at radius 1 is 0.423 bits per heavy atom. The normalized spacial score (nSPS) is 11.4. The van der Waals surface area contributed by atoms with E-state index < -0.39 is 0 Å². The second kappa shape index (κ2) is 11.9. The van der Waals surface area contributed by atoms with Gasteiger partial charge < -0.3 is 8.98 Å². The summed E-state index contributed by atoms with van der Waals surface area (Å²) in [4.78, 5) is 14.7. The van der Waals surface area contributed by atoms with E-state index in [0.29, 0.717) is 23.0 Å². The largest absolute Gasteiger partial charge is 0.456 e. The van der Waals surface area contributed by atoms with E-state index in [4.69, 9.17) is 19.4 Å². The third-order valence-corrected chi connectivity index (χ3v) is 9.65. The maximum absolute atomic E-state index is 10.2. The molecule has 10 rings (SSSR count). The lowest BCUT2D eigenvalue weighted by atomic mass is 9.99. The molecule has 0 unspecified atom stereocenters. The molecule has 242 valence electrons. The Balaban J connectivity index is 1.12. The number of para-hydroxylation sites is 2. The molecule has 3 heterocycles.